The highest BCUT2D eigenvalue weighted by Gasteiger charge is 2.12. The average molecular weight is 347 g/mol. The Morgan fingerprint density at radius 1 is 1.17 bits per heavy atom. The second-order valence-electron chi connectivity index (χ2n) is 5.51. The van der Waals surface area contributed by atoms with Crippen molar-refractivity contribution in [1.29, 1.82) is 0 Å². The fourth-order valence-electron chi connectivity index (χ4n) is 2.12. The lowest BCUT2D eigenvalue weighted by Crippen LogP contribution is -2.27. The standard InChI is InChI=1S/C17H21N3O3S/c1-10-5-6-15(11(2)7-10)23-9-16(22)18-17-14(8-12(3)24-17)20-19-13(4)21/h5-8,20H,9H2,1-4H3,(H,18,22)(H,19,21). The molecule has 0 saturated carbocycles. The number of benzene rings is 1. The summed E-state index contributed by atoms with van der Waals surface area (Å²) in [4.78, 5) is 24.1. The van der Waals surface area contributed by atoms with Gasteiger partial charge >= 0.3 is 0 Å². The maximum absolute atomic E-state index is 12.1. The first-order valence-electron chi connectivity index (χ1n) is 7.48. The summed E-state index contributed by atoms with van der Waals surface area (Å²) in [5.41, 5.74) is 8.06. The lowest BCUT2D eigenvalue weighted by atomic mass is 10.1. The van der Waals surface area contributed by atoms with Gasteiger partial charge < -0.3 is 10.1 Å². The van der Waals surface area contributed by atoms with Gasteiger partial charge in [-0.25, -0.2) is 0 Å². The molecule has 24 heavy (non-hydrogen) atoms. The van der Waals surface area contributed by atoms with E-state index in [0.29, 0.717) is 16.4 Å². The Labute approximate surface area is 145 Å². The van der Waals surface area contributed by atoms with Crippen LogP contribution in [0, 0.1) is 20.8 Å². The molecule has 1 aromatic heterocycles. The van der Waals surface area contributed by atoms with Crippen LogP contribution in [0.25, 0.3) is 0 Å². The molecule has 2 aromatic rings. The summed E-state index contributed by atoms with van der Waals surface area (Å²) in [5.74, 6) is 0.215. The molecule has 2 amide bonds. The summed E-state index contributed by atoms with van der Waals surface area (Å²) in [6.07, 6.45) is 0. The summed E-state index contributed by atoms with van der Waals surface area (Å²) < 4.78 is 5.57. The third-order valence-corrected chi connectivity index (χ3v) is 4.14. The molecule has 7 heteroatoms. The number of hydrogen-bond acceptors (Lipinski definition) is 5. The molecule has 0 aliphatic carbocycles. The van der Waals surface area contributed by atoms with Crippen LogP contribution < -0.4 is 20.9 Å². The van der Waals surface area contributed by atoms with E-state index < -0.39 is 0 Å². The van der Waals surface area contributed by atoms with Crippen molar-refractivity contribution in [2.45, 2.75) is 27.7 Å². The minimum Gasteiger partial charge on any atom is -0.483 e. The lowest BCUT2D eigenvalue weighted by molar-refractivity contribution is -0.119. The van der Waals surface area contributed by atoms with Gasteiger partial charge in [0.2, 0.25) is 5.91 Å². The number of amides is 2. The number of anilines is 2. The molecule has 0 saturated heterocycles. The van der Waals surface area contributed by atoms with Crippen molar-refractivity contribution in [3.8, 4) is 5.75 Å². The molecule has 0 fully saturated rings. The molecule has 0 aliphatic heterocycles. The normalized spacial score (nSPS) is 10.2. The van der Waals surface area contributed by atoms with Gasteiger partial charge in [0.1, 0.15) is 10.8 Å². The molecule has 1 aromatic carbocycles. The molecule has 0 aliphatic rings. The van der Waals surface area contributed by atoms with Gasteiger partial charge in [0.25, 0.3) is 5.91 Å². The van der Waals surface area contributed by atoms with Crippen molar-refractivity contribution in [1.82, 2.24) is 5.43 Å². The van der Waals surface area contributed by atoms with Crippen LogP contribution in [0.4, 0.5) is 10.7 Å². The number of hydrazine groups is 1. The minimum absolute atomic E-state index is 0.0829. The smallest absolute Gasteiger partial charge is 0.262 e. The van der Waals surface area contributed by atoms with Crippen LogP contribution in [-0.2, 0) is 9.59 Å². The molecular weight excluding hydrogens is 326 g/mol. The summed E-state index contributed by atoms with van der Waals surface area (Å²) in [7, 11) is 0. The van der Waals surface area contributed by atoms with Crippen LogP contribution in [0.1, 0.15) is 22.9 Å². The van der Waals surface area contributed by atoms with Crippen LogP contribution in [0.2, 0.25) is 0 Å². The van der Waals surface area contributed by atoms with Gasteiger partial charge in [0.15, 0.2) is 6.61 Å². The summed E-state index contributed by atoms with van der Waals surface area (Å²) >= 11 is 1.42. The molecule has 3 N–H and O–H groups in total. The van der Waals surface area contributed by atoms with E-state index in [1.807, 2.05) is 45.0 Å². The third kappa shape index (κ3) is 4.99. The number of thiophene rings is 1. The highest BCUT2D eigenvalue weighted by atomic mass is 32.1. The Morgan fingerprint density at radius 3 is 2.58 bits per heavy atom. The number of hydrogen-bond donors (Lipinski definition) is 3. The maximum Gasteiger partial charge on any atom is 0.262 e. The Bertz CT molecular complexity index is 756. The number of rotatable bonds is 6. The van der Waals surface area contributed by atoms with Gasteiger partial charge in [-0.2, -0.15) is 0 Å². The molecule has 0 bridgehead atoms. The number of carbonyl (C=O) groups excluding carboxylic acids is 2. The van der Waals surface area contributed by atoms with E-state index in [9.17, 15) is 9.59 Å². The SMILES string of the molecule is CC(=O)NNc1cc(C)sc1NC(=O)COc1ccc(C)cc1C. The number of nitrogens with one attached hydrogen (secondary N) is 3. The Balaban J connectivity index is 1.95. The Morgan fingerprint density at radius 2 is 1.92 bits per heavy atom. The van der Waals surface area contributed by atoms with E-state index >= 15 is 0 Å². The van der Waals surface area contributed by atoms with E-state index in [1.165, 1.54) is 18.3 Å². The topological polar surface area (TPSA) is 79.5 Å². The number of ether oxygens (including phenoxy) is 1. The van der Waals surface area contributed by atoms with Crippen molar-refractivity contribution in [3.63, 3.8) is 0 Å². The van der Waals surface area contributed by atoms with E-state index in [-0.39, 0.29) is 18.4 Å². The van der Waals surface area contributed by atoms with E-state index in [1.54, 1.807) is 0 Å². The van der Waals surface area contributed by atoms with Crippen molar-refractivity contribution in [2.24, 2.45) is 0 Å². The molecule has 0 unspecified atom stereocenters. The zero-order valence-electron chi connectivity index (χ0n) is 14.1. The van der Waals surface area contributed by atoms with Crippen molar-refractivity contribution in [3.05, 3.63) is 40.3 Å². The van der Waals surface area contributed by atoms with E-state index in [0.717, 1.165) is 16.0 Å². The first-order valence-corrected chi connectivity index (χ1v) is 8.29. The maximum atomic E-state index is 12.1. The molecule has 0 spiro atoms. The molecule has 128 valence electrons. The molecule has 1 heterocycles. The van der Waals surface area contributed by atoms with Crippen molar-refractivity contribution in [2.75, 3.05) is 17.3 Å². The molecule has 0 radical (unpaired) electrons. The van der Waals surface area contributed by atoms with Gasteiger partial charge in [0.05, 0.1) is 5.69 Å². The third-order valence-electron chi connectivity index (χ3n) is 3.17. The van der Waals surface area contributed by atoms with Gasteiger partial charge in [-0.05, 0) is 38.5 Å². The largest absolute Gasteiger partial charge is 0.483 e. The van der Waals surface area contributed by atoms with E-state index in [4.69, 9.17) is 4.74 Å². The Kier molecular flexibility index (Phi) is 5.81. The van der Waals surface area contributed by atoms with Crippen LogP contribution in [-0.4, -0.2) is 18.4 Å². The molecule has 2 rings (SSSR count). The van der Waals surface area contributed by atoms with Crippen LogP contribution in [0.3, 0.4) is 0 Å². The highest BCUT2D eigenvalue weighted by Crippen LogP contribution is 2.31. The summed E-state index contributed by atoms with van der Waals surface area (Å²) in [5, 5.41) is 3.43. The Hall–Kier alpha value is -2.54. The highest BCUT2D eigenvalue weighted by molar-refractivity contribution is 7.17. The molecule has 6 nitrogen and oxygen atoms in total. The fourth-order valence-corrected chi connectivity index (χ4v) is 3.01. The molecule has 0 atom stereocenters. The van der Waals surface area contributed by atoms with Crippen LogP contribution >= 0.6 is 11.3 Å². The first-order chi connectivity index (χ1) is 11.3. The van der Waals surface area contributed by atoms with E-state index in [2.05, 4.69) is 16.2 Å². The zero-order chi connectivity index (χ0) is 17.7. The quantitative estimate of drug-likeness (QED) is 0.701. The lowest BCUT2D eigenvalue weighted by Gasteiger charge is -2.11. The zero-order valence-corrected chi connectivity index (χ0v) is 15.0. The minimum atomic E-state index is -0.261. The summed E-state index contributed by atoms with van der Waals surface area (Å²) in [6, 6.07) is 7.65. The van der Waals surface area contributed by atoms with Crippen molar-refractivity contribution < 1.29 is 14.3 Å². The second kappa shape index (κ2) is 7.83. The van der Waals surface area contributed by atoms with Crippen molar-refractivity contribution >= 4 is 33.8 Å². The monoisotopic (exact) mass is 347 g/mol. The summed E-state index contributed by atoms with van der Waals surface area (Å²) in [6.45, 7) is 7.19. The average Bonchev–Trinajstić information content (AvgIpc) is 2.84. The predicted molar refractivity (Wildman–Crippen MR) is 96.5 cm³/mol. The van der Waals surface area contributed by atoms with Gasteiger partial charge in [-0.1, -0.05) is 17.7 Å². The van der Waals surface area contributed by atoms with Gasteiger partial charge in [-0.3, -0.25) is 20.4 Å². The predicted octanol–water partition coefficient (Wildman–Crippen LogP) is 3.15. The fraction of sp³-hybridized carbons (Fsp3) is 0.294. The first kappa shape index (κ1) is 17.8. The van der Waals surface area contributed by atoms with Crippen LogP contribution in [0.15, 0.2) is 24.3 Å². The van der Waals surface area contributed by atoms with Gasteiger partial charge in [0, 0.05) is 11.8 Å². The number of carbonyl (C=O) groups is 2. The van der Waals surface area contributed by atoms with Crippen LogP contribution in [0.5, 0.6) is 5.75 Å². The van der Waals surface area contributed by atoms with Gasteiger partial charge in [-0.15, -0.1) is 11.3 Å². The second-order valence-corrected chi connectivity index (χ2v) is 6.77. The number of aryl methyl sites for hydroxylation is 3. The molecular formula is C17H21N3O3S.